The first-order valence-electron chi connectivity index (χ1n) is 12.0. The molecule has 1 aromatic carbocycles. The highest BCUT2D eigenvalue weighted by Gasteiger charge is 2.22. The van der Waals surface area contributed by atoms with E-state index in [-0.39, 0.29) is 0 Å². The summed E-state index contributed by atoms with van der Waals surface area (Å²) in [6.45, 7) is 11.6. The first kappa shape index (κ1) is 22.6. The van der Waals surface area contributed by atoms with Gasteiger partial charge in [0, 0.05) is 30.0 Å². The zero-order chi connectivity index (χ0) is 23.9. The number of nitrogens with zero attached hydrogens (tertiary/aromatic N) is 3. The van der Waals surface area contributed by atoms with E-state index in [9.17, 15) is 5.11 Å². The van der Waals surface area contributed by atoms with Gasteiger partial charge in [-0.25, -0.2) is 9.97 Å². The van der Waals surface area contributed by atoms with E-state index >= 15 is 0 Å². The van der Waals surface area contributed by atoms with Gasteiger partial charge in [0.1, 0.15) is 0 Å². The molecule has 5 rings (SSSR count). The van der Waals surface area contributed by atoms with Gasteiger partial charge < -0.3 is 20.5 Å². The van der Waals surface area contributed by atoms with Gasteiger partial charge in [-0.3, -0.25) is 4.40 Å². The van der Waals surface area contributed by atoms with Crippen molar-refractivity contribution in [1.82, 2.24) is 19.7 Å². The van der Waals surface area contributed by atoms with Crippen LogP contribution in [0.3, 0.4) is 0 Å². The maximum absolute atomic E-state index is 10.3. The lowest BCUT2D eigenvalue weighted by atomic mass is 10.0. The SMILES string of the molecule is C=C(NC1CC1)c1ccc(-c2cnc3c(NCC(C)(C)O)nc(C4=CCOCC4)cn23)cc1C. The molecule has 3 aromatic rings. The zero-order valence-electron chi connectivity index (χ0n) is 20.2. The maximum Gasteiger partial charge on any atom is 0.180 e. The number of hydrogen-bond donors (Lipinski definition) is 3. The zero-order valence-corrected chi connectivity index (χ0v) is 20.2. The van der Waals surface area contributed by atoms with E-state index in [1.165, 1.54) is 18.4 Å². The number of aryl methyl sites for hydroxylation is 1. The molecule has 0 spiro atoms. The molecule has 178 valence electrons. The highest BCUT2D eigenvalue weighted by atomic mass is 16.5. The van der Waals surface area contributed by atoms with Gasteiger partial charge in [-0.2, -0.15) is 0 Å². The number of fused-ring (bicyclic) bond motifs is 1. The number of aromatic nitrogens is 3. The van der Waals surface area contributed by atoms with Crippen LogP contribution in [0.1, 0.15) is 49.9 Å². The van der Waals surface area contributed by atoms with Crippen LogP contribution in [0.2, 0.25) is 0 Å². The van der Waals surface area contributed by atoms with Crippen molar-refractivity contribution in [2.75, 3.05) is 25.1 Å². The number of anilines is 1. The average molecular weight is 460 g/mol. The number of ether oxygens (including phenoxy) is 1. The molecule has 0 radical (unpaired) electrons. The Morgan fingerprint density at radius 1 is 1.32 bits per heavy atom. The Hall–Kier alpha value is -3.16. The minimum Gasteiger partial charge on any atom is -0.389 e. The lowest BCUT2D eigenvalue weighted by molar-refractivity contribution is 0.0944. The van der Waals surface area contributed by atoms with Crippen molar-refractivity contribution in [3.8, 4) is 11.3 Å². The topological polar surface area (TPSA) is 83.7 Å². The van der Waals surface area contributed by atoms with Crippen LogP contribution in [0, 0.1) is 6.92 Å². The van der Waals surface area contributed by atoms with E-state index in [1.807, 2.05) is 6.20 Å². The van der Waals surface area contributed by atoms with Gasteiger partial charge in [0.25, 0.3) is 0 Å². The van der Waals surface area contributed by atoms with Crippen LogP contribution < -0.4 is 10.6 Å². The minimum atomic E-state index is -0.869. The number of benzene rings is 1. The van der Waals surface area contributed by atoms with E-state index in [0.29, 0.717) is 31.6 Å². The molecule has 0 saturated heterocycles. The molecule has 0 amide bonds. The summed E-state index contributed by atoms with van der Waals surface area (Å²) in [5.41, 5.74) is 7.30. The summed E-state index contributed by atoms with van der Waals surface area (Å²) in [6.07, 6.45) is 9.30. The molecule has 2 aromatic heterocycles. The summed E-state index contributed by atoms with van der Waals surface area (Å²) in [6, 6.07) is 7.03. The normalized spacial score (nSPS) is 16.4. The van der Waals surface area contributed by atoms with E-state index in [2.05, 4.69) is 59.0 Å². The fourth-order valence-corrected chi connectivity index (χ4v) is 4.25. The molecule has 1 aliphatic heterocycles. The van der Waals surface area contributed by atoms with Crippen LogP contribution in [-0.4, -0.2) is 50.9 Å². The molecular formula is C27H33N5O2. The molecule has 7 heteroatoms. The summed E-state index contributed by atoms with van der Waals surface area (Å²) >= 11 is 0. The van der Waals surface area contributed by atoms with Crippen molar-refractivity contribution in [3.63, 3.8) is 0 Å². The van der Waals surface area contributed by atoms with Gasteiger partial charge in [-0.1, -0.05) is 24.8 Å². The molecule has 1 fully saturated rings. The number of aliphatic hydroxyl groups is 1. The second-order valence-electron chi connectivity index (χ2n) is 9.96. The van der Waals surface area contributed by atoms with Gasteiger partial charge >= 0.3 is 0 Å². The van der Waals surface area contributed by atoms with E-state index in [0.717, 1.165) is 45.9 Å². The number of nitrogens with one attached hydrogen (secondary N) is 2. The Bertz CT molecular complexity index is 1260. The highest BCUT2D eigenvalue weighted by molar-refractivity contribution is 5.76. The average Bonchev–Trinajstić information content (AvgIpc) is 3.52. The van der Waals surface area contributed by atoms with Crippen LogP contribution >= 0.6 is 0 Å². The van der Waals surface area contributed by atoms with Crippen LogP contribution in [0.25, 0.3) is 28.2 Å². The van der Waals surface area contributed by atoms with Gasteiger partial charge in [-0.15, -0.1) is 0 Å². The summed E-state index contributed by atoms with van der Waals surface area (Å²) < 4.78 is 7.59. The van der Waals surface area contributed by atoms with Gasteiger partial charge in [0.2, 0.25) is 0 Å². The molecule has 2 aliphatic rings. The predicted molar refractivity (Wildman–Crippen MR) is 137 cm³/mol. The van der Waals surface area contributed by atoms with Crippen LogP contribution in [-0.2, 0) is 4.74 Å². The first-order chi connectivity index (χ1) is 16.3. The Labute approximate surface area is 200 Å². The molecular weight excluding hydrogens is 426 g/mol. The largest absolute Gasteiger partial charge is 0.389 e. The molecule has 1 aliphatic carbocycles. The fraction of sp³-hybridized carbons (Fsp3) is 0.407. The Morgan fingerprint density at radius 3 is 2.82 bits per heavy atom. The van der Waals surface area contributed by atoms with Crippen LogP contribution in [0.4, 0.5) is 5.82 Å². The quantitative estimate of drug-likeness (QED) is 0.463. The Kier molecular flexibility index (Phi) is 5.91. The molecule has 0 bridgehead atoms. The molecule has 0 unspecified atom stereocenters. The van der Waals surface area contributed by atoms with Gasteiger partial charge in [0.05, 0.1) is 36.4 Å². The molecule has 1 saturated carbocycles. The summed E-state index contributed by atoms with van der Waals surface area (Å²) in [4.78, 5) is 9.57. The summed E-state index contributed by atoms with van der Waals surface area (Å²) in [5, 5.41) is 17.1. The summed E-state index contributed by atoms with van der Waals surface area (Å²) in [7, 11) is 0. The highest BCUT2D eigenvalue weighted by Crippen LogP contribution is 2.31. The Balaban J connectivity index is 1.55. The number of hydrogen-bond acceptors (Lipinski definition) is 6. The van der Waals surface area contributed by atoms with Crippen molar-refractivity contribution in [2.24, 2.45) is 0 Å². The minimum absolute atomic E-state index is 0.368. The third kappa shape index (κ3) is 4.86. The van der Waals surface area contributed by atoms with Crippen LogP contribution in [0.5, 0.6) is 0 Å². The van der Waals surface area contributed by atoms with Gasteiger partial charge in [-0.05, 0) is 62.8 Å². The second kappa shape index (κ2) is 8.89. The number of rotatable bonds is 8. The molecule has 3 heterocycles. The second-order valence-corrected chi connectivity index (χ2v) is 9.96. The molecule has 3 N–H and O–H groups in total. The van der Waals surface area contributed by atoms with Crippen molar-refractivity contribution in [2.45, 2.75) is 51.7 Å². The first-order valence-corrected chi connectivity index (χ1v) is 12.0. The third-order valence-electron chi connectivity index (χ3n) is 6.28. The third-order valence-corrected chi connectivity index (χ3v) is 6.28. The molecule has 34 heavy (non-hydrogen) atoms. The number of imidazole rings is 1. The van der Waals surface area contributed by atoms with Crippen LogP contribution in [0.15, 0.2) is 43.2 Å². The van der Waals surface area contributed by atoms with E-state index < -0.39 is 5.60 Å². The van der Waals surface area contributed by atoms with Crippen molar-refractivity contribution in [3.05, 3.63) is 60.1 Å². The van der Waals surface area contributed by atoms with E-state index in [1.54, 1.807) is 13.8 Å². The van der Waals surface area contributed by atoms with Crippen molar-refractivity contribution >= 4 is 22.7 Å². The monoisotopic (exact) mass is 459 g/mol. The van der Waals surface area contributed by atoms with E-state index in [4.69, 9.17) is 14.7 Å². The molecule has 7 nitrogen and oxygen atoms in total. The standard InChI is InChI=1S/C27H33N5O2/c1-17-13-20(5-8-22(17)18(2)30-21-6-7-21)24-14-28-26-25(29-16-27(3,4)33)31-23(15-32(24)26)19-9-11-34-12-10-19/h5,8-9,13-15,21,30,33H,2,6-7,10-12,16H2,1,3-4H3,(H,29,31). The van der Waals surface area contributed by atoms with Gasteiger partial charge in [0.15, 0.2) is 11.5 Å². The lowest BCUT2D eigenvalue weighted by Crippen LogP contribution is -2.30. The Morgan fingerprint density at radius 2 is 2.15 bits per heavy atom. The molecule has 0 atom stereocenters. The summed E-state index contributed by atoms with van der Waals surface area (Å²) in [5.74, 6) is 0.661. The maximum atomic E-state index is 10.3. The predicted octanol–water partition coefficient (Wildman–Crippen LogP) is 4.41. The van der Waals surface area contributed by atoms with Crippen molar-refractivity contribution < 1.29 is 9.84 Å². The smallest absolute Gasteiger partial charge is 0.180 e. The lowest BCUT2D eigenvalue weighted by Gasteiger charge is -2.20. The van der Waals surface area contributed by atoms with Crippen molar-refractivity contribution in [1.29, 1.82) is 0 Å². The fourth-order valence-electron chi connectivity index (χ4n) is 4.25.